The number of hydrogen-bond donors (Lipinski definition) is 3. The van der Waals surface area contributed by atoms with Crippen molar-refractivity contribution in [1.29, 1.82) is 0 Å². The van der Waals surface area contributed by atoms with Gasteiger partial charge in [0.05, 0.1) is 0 Å². The molecule has 0 aliphatic carbocycles. The van der Waals surface area contributed by atoms with Gasteiger partial charge in [-0.1, -0.05) is 22.0 Å². The molecule has 7 nitrogen and oxygen atoms in total. The molecule has 120 valence electrons. The van der Waals surface area contributed by atoms with E-state index in [0.29, 0.717) is 5.75 Å². The minimum Gasteiger partial charge on any atom is -0.481 e. The first-order valence-electron chi connectivity index (χ1n) is 6.67. The lowest BCUT2D eigenvalue weighted by Crippen LogP contribution is -2.48. The number of nitrogens with one attached hydrogen (secondary N) is 3. The summed E-state index contributed by atoms with van der Waals surface area (Å²) in [4.78, 5) is 37.5. The number of halogens is 1. The molecule has 0 spiro atoms. The van der Waals surface area contributed by atoms with E-state index in [4.69, 9.17) is 4.74 Å². The Morgan fingerprint density at radius 2 is 2.00 bits per heavy atom. The number of carbonyl (C=O) groups is 2. The fraction of sp³-hybridized carbons (Fsp3) is 0.133. The molecule has 2 aromatic rings. The van der Waals surface area contributed by atoms with Crippen molar-refractivity contribution in [2.75, 3.05) is 0 Å². The second-order valence-electron chi connectivity index (χ2n) is 4.57. The number of aromatic nitrogens is 1. The van der Waals surface area contributed by atoms with E-state index in [-0.39, 0.29) is 5.56 Å². The fourth-order valence-electron chi connectivity index (χ4n) is 1.69. The molecule has 8 heteroatoms. The van der Waals surface area contributed by atoms with E-state index in [2.05, 4.69) is 31.8 Å². The molecule has 1 atom stereocenters. The van der Waals surface area contributed by atoms with E-state index in [0.717, 1.165) is 4.47 Å². The van der Waals surface area contributed by atoms with Gasteiger partial charge in [0.1, 0.15) is 11.3 Å². The molecular formula is C15H14BrN3O4. The molecule has 2 amide bonds. The van der Waals surface area contributed by atoms with Gasteiger partial charge >= 0.3 is 0 Å². The Labute approximate surface area is 140 Å². The van der Waals surface area contributed by atoms with E-state index in [9.17, 15) is 14.4 Å². The van der Waals surface area contributed by atoms with Crippen LogP contribution in [0.25, 0.3) is 0 Å². The zero-order valence-corrected chi connectivity index (χ0v) is 13.7. The highest BCUT2D eigenvalue weighted by atomic mass is 79.9. The molecule has 2 rings (SSSR count). The van der Waals surface area contributed by atoms with E-state index < -0.39 is 23.5 Å². The van der Waals surface area contributed by atoms with Gasteiger partial charge in [0.2, 0.25) is 0 Å². The number of hydrazine groups is 1. The van der Waals surface area contributed by atoms with Crippen molar-refractivity contribution in [3.8, 4) is 5.75 Å². The smallest absolute Gasteiger partial charge is 0.279 e. The van der Waals surface area contributed by atoms with Gasteiger partial charge in [-0.25, -0.2) is 0 Å². The molecule has 0 radical (unpaired) electrons. The Bertz CT molecular complexity index is 775. The van der Waals surface area contributed by atoms with Gasteiger partial charge in [0, 0.05) is 10.7 Å². The van der Waals surface area contributed by atoms with E-state index in [1.807, 2.05) is 6.07 Å². The number of benzene rings is 1. The van der Waals surface area contributed by atoms with Crippen LogP contribution in [-0.2, 0) is 4.79 Å². The first kappa shape index (κ1) is 16.8. The van der Waals surface area contributed by atoms with Crippen molar-refractivity contribution in [1.82, 2.24) is 15.8 Å². The maximum absolute atomic E-state index is 11.9. The van der Waals surface area contributed by atoms with Crippen molar-refractivity contribution in [2.45, 2.75) is 13.0 Å². The van der Waals surface area contributed by atoms with Crippen LogP contribution in [0.4, 0.5) is 0 Å². The average Bonchev–Trinajstić information content (AvgIpc) is 2.52. The molecule has 0 unspecified atom stereocenters. The highest BCUT2D eigenvalue weighted by Crippen LogP contribution is 2.18. The summed E-state index contributed by atoms with van der Waals surface area (Å²) in [5.74, 6) is -0.756. The van der Waals surface area contributed by atoms with Crippen molar-refractivity contribution >= 4 is 27.7 Å². The van der Waals surface area contributed by atoms with Gasteiger partial charge in [-0.2, -0.15) is 0 Å². The number of aromatic amines is 1. The number of hydrogen-bond acceptors (Lipinski definition) is 4. The normalized spacial score (nSPS) is 11.4. The van der Waals surface area contributed by atoms with Crippen LogP contribution in [0.3, 0.4) is 0 Å². The third-order valence-electron chi connectivity index (χ3n) is 2.84. The van der Waals surface area contributed by atoms with Crippen LogP contribution in [0.5, 0.6) is 5.75 Å². The van der Waals surface area contributed by atoms with Crippen LogP contribution in [0.2, 0.25) is 0 Å². The molecule has 0 fully saturated rings. The molecule has 1 aromatic carbocycles. The Kier molecular flexibility index (Phi) is 5.53. The monoisotopic (exact) mass is 379 g/mol. The third-order valence-corrected chi connectivity index (χ3v) is 3.33. The van der Waals surface area contributed by atoms with E-state index in [1.165, 1.54) is 25.3 Å². The Morgan fingerprint density at radius 3 is 2.70 bits per heavy atom. The summed E-state index contributed by atoms with van der Waals surface area (Å²) in [6.45, 7) is 1.54. The molecule has 0 aliphatic heterocycles. The van der Waals surface area contributed by atoms with Gasteiger partial charge in [-0.15, -0.1) is 0 Å². The lowest BCUT2D eigenvalue weighted by atomic mass is 10.3. The quantitative estimate of drug-likeness (QED) is 0.698. The molecule has 23 heavy (non-hydrogen) atoms. The van der Waals surface area contributed by atoms with Crippen molar-refractivity contribution in [3.05, 3.63) is 63.0 Å². The van der Waals surface area contributed by atoms with Gasteiger partial charge in [-0.3, -0.25) is 25.2 Å². The van der Waals surface area contributed by atoms with Crippen LogP contribution >= 0.6 is 15.9 Å². The highest BCUT2D eigenvalue weighted by Gasteiger charge is 2.17. The first-order valence-corrected chi connectivity index (χ1v) is 7.47. The predicted octanol–water partition coefficient (Wildman–Crippen LogP) is 1.37. The Balaban J connectivity index is 1.90. The SMILES string of the molecule is C[C@H](Oc1cccc(Br)c1)C(=O)NNC(=O)c1ccc[nH]c1=O. The summed E-state index contributed by atoms with van der Waals surface area (Å²) in [7, 11) is 0. The molecule has 0 bridgehead atoms. The van der Waals surface area contributed by atoms with Crippen molar-refractivity contribution in [2.24, 2.45) is 0 Å². The number of carbonyl (C=O) groups excluding carboxylic acids is 2. The fourth-order valence-corrected chi connectivity index (χ4v) is 2.06. The minimum atomic E-state index is -0.835. The number of pyridine rings is 1. The van der Waals surface area contributed by atoms with Crippen LogP contribution in [0.15, 0.2) is 51.9 Å². The third kappa shape index (κ3) is 4.68. The van der Waals surface area contributed by atoms with Gasteiger partial charge in [-0.05, 0) is 37.3 Å². The van der Waals surface area contributed by atoms with Gasteiger partial charge in [0.15, 0.2) is 6.10 Å². The number of H-pyrrole nitrogens is 1. The molecule has 0 saturated heterocycles. The Hall–Kier alpha value is -2.61. The Morgan fingerprint density at radius 1 is 1.22 bits per heavy atom. The lowest BCUT2D eigenvalue weighted by Gasteiger charge is -2.15. The van der Waals surface area contributed by atoms with Crippen LogP contribution in [0, 0.1) is 0 Å². The second kappa shape index (κ2) is 7.59. The van der Waals surface area contributed by atoms with Crippen molar-refractivity contribution < 1.29 is 14.3 Å². The van der Waals surface area contributed by atoms with Crippen LogP contribution in [0.1, 0.15) is 17.3 Å². The van der Waals surface area contributed by atoms with Crippen molar-refractivity contribution in [3.63, 3.8) is 0 Å². The molecule has 1 aromatic heterocycles. The second-order valence-corrected chi connectivity index (χ2v) is 5.49. The maximum atomic E-state index is 11.9. The van der Waals surface area contributed by atoms with Crippen LogP contribution < -0.4 is 21.1 Å². The summed E-state index contributed by atoms with van der Waals surface area (Å²) in [5, 5.41) is 0. The van der Waals surface area contributed by atoms with Gasteiger partial charge < -0.3 is 9.72 Å². The maximum Gasteiger partial charge on any atom is 0.279 e. The summed E-state index contributed by atoms with van der Waals surface area (Å²) in [5.41, 5.74) is 3.74. The lowest BCUT2D eigenvalue weighted by molar-refractivity contribution is -0.128. The topological polar surface area (TPSA) is 100 Å². The number of amides is 2. The predicted molar refractivity (Wildman–Crippen MR) is 86.9 cm³/mol. The molecular weight excluding hydrogens is 366 g/mol. The summed E-state index contributed by atoms with van der Waals surface area (Å²) >= 11 is 3.30. The summed E-state index contributed by atoms with van der Waals surface area (Å²) < 4.78 is 6.28. The molecule has 0 saturated carbocycles. The average molecular weight is 380 g/mol. The standard InChI is InChI=1S/C15H14BrN3O4/c1-9(23-11-5-2-4-10(16)8-11)13(20)18-19-15(22)12-6-3-7-17-14(12)21/h2-9H,1H3,(H,17,21)(H,18,20)(H,19,22)/t9-/m0/s1. The van der Waals surface area contributed by atoms with E-state index >= 15 is 0 Å². The largest absolute Gasteiger partial charge is 0.481 e. The summed E-state index contributed by atoms with van der Waals surface area (Å²) in [6, 6.07) is 9.88. The molecule has 1 heterocycles. The highest BCUT2D eigenvalue weighted by molar-refractivity contribution is 9.10. The minimum absolute atomic E-state index is 0.103. The molecule has 3 N–H and O–H groups in total. The number of ether oxygens (including phenoxy) is 1. The van der Waals surface area contributed by atoms with Crippen LogP contribution in [-0.4, -0.2) is 22.9 Å². The molecule has 0 aliphatic rings. The summed E-state index contributed by atoms with van der Waals surface area (Å²) in [6.07, 6.45) is 0.574. The zero-order chi connectivity index (χ0) is 16.8. The number of rotatable bonds is 4. The zero-order valence-electron chi connectivity index (χ0n) is 12.1. The first-order chi connectivity index (χ1) is 11.0. The van der Waals surface area contributed by atoms with E-state index in [1.54, 1.807) is 18.2 Å². The van der Waals surface area contributed by atoms with Gasteiger partial charge in [0.25, 0.3) is 17.4 Å².